The van der Waals surface area contributed by atoms with Gasteiger partial charge < -0.3 is 9.47 Å². The summed E-state index contributed by atoms with van der Waals surface area (Å²) in [5.74, 6) is -0.471. The van der Waals surface area contributed by atoms with Gasteiger partial charge in [0.25, 0.3) is 11.8 Å². The minimum atomic E-state index is -0.531. The first-order valence-electron chi connectivity index (χ1n) is 11.6. The van der Waals surface area contributed by atoms with Gasteiger partial charge in [-0.1, -0.05) is 49.4 Å². The molecule has 3 aromatic carbocycles. The van der Waals surface area contributed by atoms with E-state index in [1.165, 1.54) is 16.5 Å². The maximum atomic E-state index is 13.3. The lowest BCUT2D eigenvalue weighted by Gasteiger charge is -2.29. The van der Waals surface area contributed by atoms with Crippen LogP contribution in [0, 0.1) is 0 Å². The summed E-state index contributed by atoms with van der Waals surface area (Å²) in [7, 11) is 0. The topological polar surface area (TPSA) is 74.6 Å². The fraction of sp³-hybridized carbons (Fsp3) is 0.214. The van der Waals surface area contributed by atoms with Gasteiger partial charge in [-0.2, -0.15) is 0 Å². The average molecular weight is 454 g/mol. The van der Waals surface area contributed by atoms with E-state index in [9.17, 15) is 9.59 Å². The van der Waals surface area contributed by atoms with E-state index in [1.54, 1.807) is 17.6 Å². The van der Waals surface area contributed by atoms with Crippen molar-refractivity contribution >= 4 is 22.7 Å². The Bertz CT molecular complexity index is 1350. The Morgan fingerprint density at radius 3 is 2.29 bits per heavy atom. The highest BCUT2D eigenvalue weighted by Gasteiger charge is 2.27. The van der Waals surface area contributed by atoms with Crippen LogP contribution >= 0.6 is 0 Å². The lowest BCUT2D eigenvalue weighted by molar-refractivity contribution is 0.0705. The number of benzene rings is 3. The van der Waals surface area contributed by atoms with Gasteiger partial charge in [-0.3, -0.25) is 14.8 Å². The van der Waals surface area contributed by atoms with Gasteiger partial charge in [0.1, 0.15) is 0 Å². The monoisotopic (exact) mass is 453 g/mol. The number of carbonyl (C=O) groups is 2. The van der Waals surface area contributed by atoms with Crippen molar-refractivity contribution in [1.82, 2.24) is 14.9 Å². The predicted molar refractivity (Wildman–Crippen MR) is 131 cm³/mol. The second kappa shape index (κ2) is 9.15. The van der Waals surface area contributed by atoms with Crippen molar-refractivity contribution in [2.45, 2.75) is 32.9 Å². The Labute approximate surface area is 198 Å². The van der Waals surface area contributed by atoms with E-state index >= 15 is 0 Å². The van der Waals surface area contributed by atoms with E-state index in [2.05, 4.69) is 29.7 Å². The van der Waals surface area contributed by atoms with Crippen molar-refractivity contribution in [3.8, 4) is 0 Å². The Hall–Kier alpha value is -3.90. The minimum absolute atomic E-state index is 0.0597. The summed E-state index contributed by atoms with van der Waals surface area (Å²) < 4.78 is 2.28. The molecule has 1 aliphatic heterocycles. The molecule has 2 amide bonds. The molecule has 0 saturated carbocycles. The van der Waals surface area contributed by atoms with Crippen molar-refractivity contribution in [2.24, 2.45) is 0 Å². The molecule has 34 heavy (non-hydrogen) atoms. The predicted octanol–water partition coefficient (Wildman–Crippen LogP) is 4.57. The summed E-state index contributed by atoms with van der Waals surface area (Å²) in [5.41, 5.74) is 8.65. The van der Waals surface area contributed by atoms with E-state index < -0.39 is 5.91 Å². The third-order valence-electron chi connectivity index (χ3n) is 6.72. The molecule has 1 aromatic heterocycles. The van der Waals surface area contributed by atoms with Gasteiger partial charge in [-0.25, -0.2) is 5.48 Å². The van der Waals surface area contributed by atoms with E-state index in [0.29, 0.717) is 25.2 Å². The Kier molecular flexibility index (Phi) is 5.90. The Balaban J connectivity index is 1.47. The molecule has 0 unspecified atom stereocenters. The average Bonchev–Trinajstić information content (AvgIpc) is 3.21. The molecule has 0 radical (unpaired) electrons. The molecule has 2 heterocycles. The number of hydrogen-bond donors (Lipinski definition) is 2. The maximum Gasteiger partial charge on any atom is 0.274 e. The number of rotatable bonds is 5. The van der Waals surface area contributed by atoms with Gasteiger partial charge in [0.2, 0.25) is 0 Å². The van der Waals surface area contributed by atoms with Gasteiger partial charge >= 0.3 is 0 Å². The van der Waals surface area contributed by atoms with Crippen LogP contribution in [-0.4, -0.2) is 33.0 Å². The molecule has 0 saturated heterocycles. The number of hydrogen-bond acceptors (Lipinski definition) is 3. The first-order chi connectivity index (χ1) is 16.6. The summed E-state index contributed by atoms with van der Waals surface area (Å²) in [4.78, 5) is 26.9. The lowest BCUT2D eigenvalue weighted by Crippen LogP contribution is -2.36. The number of nitrogens with one attached hydrogen (secondary N) is 1. The summed E-state index contributed by atoms with van der Waals surface area (Å²) in [6.45, 7) is 3.99. The van der Waals surface area contributed by atoms with E-state index in [4.69, 9.17) is 5.21 Å². The van der Waals surface area contributed by atoms with Crippen molar-refractivity contribution in [3.05, 3.63) is 106 Å². The summed E-state index contributed by atoms with van der Waals surface area (Å²) in [5, 5.41) is 10.1. The van der Waals surface area contributed by atoms with Crippen LogP contribution < -0.4 is 5.48 Å². The number of aromatic nitrogens is 1. The number of hydroxylamine groups is 1. The van der Waals surface area contributed by atoms with Crippen molar-refractivity contribution in [3.63, 3.8) is 0 Å². The highest BCUT2D eigenvalue weighted by Crippen LogP contribution is 2.32. The molecule has 4 aromatic rings. The molecule has 172 valence electrons. The van der Waals surface area contributed by atoms with Crippen LogP contribution in [0.25, 0.3) is 10.9 Å². The Morgan fingerprint density at radius 2 is 1.59 bits per heavy atom. The SMILES string of the molecule is CCc1ccc(C(=O)N2CCc3c(n(Cc4ccc(C(=O)NO)cc4)c4ccccc34)C2)cc1. The molecular formula is C28H27N3O3. The quantitative estimate of drug-likeness (QED) is 0.343. The minimum Gasteiger partial charge on any atom is -0.338 e. The molecule has 1 aliphatic rings. The maximum absolute atomic E-state index is 13.3. The number of fused-ring (bicyclic) bond motifs is 3. The van der Waals surface area contributed by atoms with Gasteiger partial charge in [0.05, 0.1) is 6.54 Å². The summed E-state index contributed by atoms with van der Waals surface area (Å²) in [6, 6.07) is 23.5. The summed E-state index contributed by atoms with van der Waals surface area (Å²) in [6.07, 6.45) is 1.77. The second-order valence-corrected chi connectivity index (χ2v) is 8.69. The van der Waals surface area contributed by atoms with Crippen molar-refractivity contribution in [1.29, 1.82) is 0 Å². The molecule has 0 atom stereocenters. The highest BCUT2D eigenvalue weighted by molar-refractivity contribution is 5.95. The van der Waals surface area contributed by atoms with Crippen LogP contribution in [0.5, 0.6) is 0 Å². The van der Waals surface area contributed by atoms with Crippen LogP contribution in [0.1, 0.15) is 50.0 Å². The number of amides is 2. The molecule has 6 nitrogen and oxygen atoms in total. The fourth-order valence-electron chi connectivity index (χ4n) is 4.82. The number of aryl methyl sites for hydroxylation is 1. The van der Waals surface area contributed by atoms with Crippen LogP contribution in [0.3, 0.4) is 0 Å². The number of carbonyl (C=O) groups excluding carboxylic acids is 2. The zero-order valence-electron chi connectivity index (χ0n) is 19.1. The normalized spacial score (nSPS) is 13.1. The summed E-state index contributed by atoms with van der Waals surface area (Å²) >= 11 is 0. The largest absolute Gasteiger partial charge is 0.338 e. The molecule has 0 aliphatic carbocycles. The van der Waals surface area contributed by atoms with Gasteiger partial charge in [0.15, 0.2) is 0 Å². The first kappa shape index (κ1) is 21.9. The molecule has 0 fully saturated rings. The van der Waals surface area contributed by atoms with Crippen molar-refractivity contribution < 1.29 is 14.8 Å². The van der Waals surface area contributed by atoms with Gasteiger partial charge in [-0.05, 0) is 59.9 Å². The highest BCUT2D eigenvalue weighted by atomic mass is 16.5. The van der Waals surface area contributed by atoms with Gasteiger partial charge in [-0.15, -0.1) is 0 Å². The third kappa shape index (κ3) is 3.97. The van der Waals surface area contributed by atoms with E-state index in [-0.39, 0.29) is 5.91 Å². The van der Waals surface area contributed by atoms with Crippen LogP contribution in [0.4, 0.5) is 0 Å². The van der Waals surface area contributed by atoms with Gasteiger partial charge in [0, 0.05) is 40.8 Å². The number of nitrogens with zero attached hydrogens (tertiary/aromatic N) is 2. The standard InChI is InChI=1S/C28H27N3O3/c1-2-19-7-13-22(14-8-19)28(33)30-16-15-24-23-5-3-4-6-25(23)31(26(24)18-30)17-20-9-11-21(12-10-20)27(32)29-34/h3-14,34H,2,15-18H2,1H3,(H,29,32). The van der Waals surface area contributed by atoms with E-state index in [1.807, 2.05) is 47.4 Å². The second-order valence-electron chi connectivity index (χ2n) is 8.69. The molecular weight excluding hydrogens is 426 g/mol. The first-order valence-corrected chi connectivity index (χ1v) is 11.6. The lowest BCUT2D eigenvalue weighted by atomic mass is 10.0. The molecule has 5 rings (SSSR count). The Morgan fingerprint density at radius 1 is 0.912 bits per heavy atom. The molecule has 0 bridgehead atoms. The smallest absolute Gasteiger partial charge is 0.274 e. The zero-order valence-corrected chi connectivity index (χ0v) is 19.1. The fourth-order valence-corrected chi connectivity index (χ4v) is 4.82. The van der Waals surface area contributed by atoms with Crippen LogP contribution in [0.2, 0.25) is 0 Å². The molecule has 0 spiro atoms. The van der Waals surface area contributed by atoms with E-state index in [0.717, 1.165) is 35.2 Å². The zero-order chi connectivity index (χ0) is 23.7. The third-order valence-corrected chi connectivity index (χ3v) is 6.72. The molecule has 2 N–H and O–H groups in total. The van der Waals surface area contributed by atoms with Crippen LogP contribution in [0.15, 0.2) is 72.8 Å². The van der Waals surface area contributed by atoms with Crippen LogP contribution in [-0.2, 0) is 25.9 Å². The van der Waals surface area contributed by atoms with Crippen molar-refractivity contribution in [2.75, 3.05) is 6.54 Å². The molecule has 6 heteroatoms. The number of para-hydroxylation sites is 1.